The monoisotopic (exact) mass is 289 g/mol. The fourth-order valence-electron chi connectivity index (χ4n) is 2.88. The number of carbonyl (C=O) groups is 1. The van der Waals surface area contributed by atoms with Gasteiger partial charge in [0.25, 0.3) is 5.91 Å². The number of amides is 1. The van der Waals surface area contributed by atoms with Crippen molar-refractivity contribution in [2.45, 2.75) is 25.0 Å². The molecule has 3 rings (SSSR count). The predicted octanol–water partition coefficient (Wildman–Crippen LogP) is 0.284. The quantitative estimate of drug-likeness (QED) is 0.881. The van der Waals surface area contributed by atoms with Crippen LogP contribution in [-0.4, -0.2) is 54.2 Å². The van der Waals surface area contributed by atoms with Gasteiger partial charge in [0.1, 0.15) is 11.3 Å². The Balaban J connectivity index is 1.73. The topological polar surface area (TPSA) is 76.2 Å². The molecule has 0 saturated carbocycles. The molecule has 1 aliphatic rings. The van der Waals surface area contributed by atoms with Gasteiger partial charge in [-0.05, 0) is 25.0 Å². The molecular weight excluding hydrogens is 270 g/mol. The molecule has 2 aromatic rings. The van der Waals surface area contributed by atoms with Crippen molar-refractivity contribution in [3.05, 3.63) is 36.4 Å². The zero-order chi connectivity index (χ0) is 14.9. The lowest BCUT2D eigenvalue weighted by molar-refractivity contribution is -0.0389. The average molecular weight is 289 g/mol. The highest BCUT2D eigenvalue weighted by atomic mass is 16.3. The van der Waals surface area contributed by atoms with Gasteiger partial charge in [0.2, 0.25) is 0 Å². The first-order valence-corrected chi connectivity index (χ1v) is 7.04. The normalized spacial score (nSPS) is 22.5. The number of hydrogen-bond acceptors (Lipinski definition) is 4. The van der Waals surface area contributed by atoms with E-state index in [-0.39, 0.29) is 5.91 Å². The zero-order valence-electron chi connectivity index (χ0n) is 12.0. The van der Waals surface area contributed by atoms with Gasteiger partial charge in [0.15, 0.2) is 0 Å². The van der Waals surface area contributed by atoms with Gasteiger partial charge in [-0.2, -0.15) is 0 Å². The first-order chi connectivity index (χ1) is 10.1. The molecular formula is C14H19N5O2. The number of aliphatic hydroxyl groups is 1. The molecule has 1 unspecified atom stereocenters. The van der Waals surface area contributed by atoms with Crippen LogP contribution in [0.25, 0.3) is 0 Å². The molecule has 7 nitrogen and oxygen atoms in total. The van der Waals surface area contributed by atoms with E-state index in [0.29, 0.717) is 31.7 Å². The second kappa shape index (κ2) is 5.33. The Kier molecular flexibility index (Phi) is 3.50. The predicted molar refractivity (Wildman–Crippen MR) is 75.5 cm³/mol. The molecule has 1 aliphatic heterocycles. The minimum atomic E-state index is -0.952. The first kappa shape index (κ1) is 13.8. The minimum absolute atomic E-state index is 0.0424. The summed E-state index contributed by atoms with van der Waals surface area (Å²) in [6.07, 6.45) is 6.58. The van der Waals surface area contributed by atoms with Crippen LogP contribution in [0, 0.1) is 0 Å². The summed E-state index contributed by atoms with van der Waals surface area (Å²) < 4.78 is 3.41. The van der Waals surface area contributed by atoms with Crippen LogP contribution in [0.3, 0.4) is 0 Å². The van der Waals surface area contributed by atoms with Crippen molar-refractivity contribution in [3.8, 4) is 0 Å². The van der Waals surface area contributed by atoms with Gasteiger partial charge in [-0.3, -0.25) is 4.79 Å². The highest BCUT2D eigenvalue weighted by Gasteiger charge is 2.36. The summed E-state index contributed by atoms with van der Waals surface area (Å²) in [6.45, 7) is 1.34. The van der Waals surface area contributed by atoms with Crippen LogP contribution in [0.4, 0.5) is 0 Å². The summed E-state index contributed by atoms with van der Waals surface area (Å²) in [5.74, 6) is -0.0424. The van der Waals surface area contributed by atoms with E-state index in [1.807, 2.05) is 19.3 Å². The Morgan fingerprint density at radius 1 is 1.48 bits per heavy atom. The lowest BCUT2D eigenvalue weighted by Crippen LogP contribution is -2.52. The smallest absolute Gasteiger partial charge is 0.270 e. The molecule has 0 bridgehead atoms. The lowest BCUT2D eigenvalue weighted by atomic mass is 9.92. The Morgan fingerprint density at radius 2 is 2.33 bits per heavy atom. The number of piperidine rings is 1. The molecule has 7 heteroatoms. The fourth-order valence-corrected chi connectivity index (χ4v) is 2.88. The average Bonchev–Trinajstić information content (AvgIpc) is 3.09. The van der Waals surface area contributed by atoms with Crippen molar-refractivity contribution < 1.29 is 9.90 Å². The minimum Gasteiger partial charge on any atom is -0.386 e. The summed E-state index contributed by atoms with van der Waals surface area (Å²) >= 11 is 0. The van der Waals surface area contributed by atoms with Crippen molar-refractivity contribution >= 4 is 5.91 Å². The van der Waals surface area contributed by atoms with Crippen LogP contribution in [0.2, 0.25) is 0 Å². The highest BCUT2D eigenvalue weighted by Crippen LogP contribution is 2.24. The van der Waals surface area contributed by atoms with E-state index in [1.54, 1.807) is 32.6 Å². The van der Waals surface area contributed by atoms with Crippen LogP contribution in [-0.2, 0) is 13.6 Å². The van der Waals surface area contributed by atoms with Gasteiger partial charge in [0, 0.05) is 26.0 Å². The molecule has 0 aromatic carbocycles. The summed E-state index contributed by atoms with van der Waals surface area (Å²) in [5.41, 5.74) is -0.313. The fraction of sp³-hybridized carbons (Fsp3) is 0.500. The van der Waals surface area contributed by atoms with E-state index in [9.17, 15) is 9.90 Å². The number of nitrogens with zero attached hydrogens (tertiary/aromatic N) is 5. The Bertz CT molecular complexity index is 621. The van der Waals surface area contributed by atoms with E-state index >= 15 is 0 Å². The molecule has 0 spiro atoms. The van der Waals surface area contributed by atoms with Crippen LogP contribution in [0.5, 0.6) is 0 Å². The molecule has 1 N–H and O–H groups in total. The third kappa shape index (κ3) is 2.82. The van der Waals surface area contributed by atoms with Gasteiger partial charge in [0.05, 0.1) is 19.3 Å². The molecule has 3 heterocycles. The maximum Gasteiger partial charge on any atom is 0.270 e. The van der Waals surface area contributed by atoms with Gasteiger partial charge in [-0.1, -0.05) is 5.21 Å². The maximum absolute atomic E-state index is 12.5. The Hall–Kier alpha value is -2.15. The molecule has 1 fully saturated rings. The number of likely N-dealkylation sites (tertiary alicyclic amines) is 1. The zero-order valence-corrected chi connectivity index (χ0v) is 12.0. The molecule has 1 amide bonds. The molecule has 1 atom stereocenters. The summed E-state index contributed by atoms with van der Waals surface area (Å²) in [4.78, 5) is 14.2. The Labute approximate surface area is 122 Å². The van der Waals surface area contributed by atoms with Crippen molar-refractivity contribution in [1.29, 1.82) is 0 Å². The van der Waals surface area contributed by atoms with E-state index in [1.165, 1.54) is 0 Å². The van der Waals surface area contributed by atoms with Gasteiger partial charge in [-0.25, -0.2) is 4.68 Å². The molecule has 1 saturated heterocycles. The lowest BCUT2D eigenvalue weighted by Gasteiger charge is -2.39. The molecule has 0 aliphatic carbocycles. The number of β-amino-alcohol motifs (C(OH)–C–C–N with tert-alkyl or cyclic N) is 1. The van der Waals surface area contributed by atoms with Crippen molar-refractivity contribution in [1.82, 2.24) is 24.5 Å². The van der Waals surface area contributed by atoms with Crippen LogP contribution >= 0.6 is 0 Å². The van der Waals surface area contributed by atoms with Crippen LogP contribution < -0.4 is 0 Å². The SMILES string of the molecule is Cn1cccc1C(=O)N1CCCC(O)(Cn2ccnn2)C1. The van der Waals surface area contributed by atoms with Gasteiger partial charge >= 0.3 is 0 Å². The van der Waals surface area contributed by atoms with Crippen molar-refractivity contribution in [2.24, 2.45) is 7.05 Å². The first-order valence-electron chi connectivity index (χ1n) is 7.04. The van der Waals surface area contributed by atoms with Crippen molar-refractivity contribution in [2.75, 3.05) is 13.1 Å². The van der Waals surface area contributed by atoms with Gasteiger partial charge in [-0.15, -0.1) is 5.10 Å². The number of carbonyl (C=O) groups excluding carboxylic acids is 1. The second-order valence-corrected chi connectivity index (χ2v) is 5.66. The standard InChI is InChI=1S/C14H19N5O2/c1-17-7-2-4-12(17)13(20)18-8-3-5-14(21,10-18)11-19-9-6-15-16-19/h2,4,6-7,9,21H,3,5,8,10-11H2,1H3. The third-order valence-electron chi connectivity index (χ3n) is 3.93. The maximum atomic E-state index is 12.5. The second-order valence-electron chi connectivity index (χ2n) is 5.66. The highest BCUT2D eigenvalue weighted by molar-refractivity contribution is 5.92. The molecule has 0 radical (unpaired) electrons. The third-order valence-corrected chi connectivity index (χ3v) is 3.93. The summed E-state index contributed by atoms with van der Waals surface area (Å²) in [6, 6.07) is 3.65. The number of aromatic nitrogens is 4. The van der Waals surface area contributed by atoms with Crippen LogP contribution in [0.1, 0.15) is 23.3 Å². The summed E-state index contributed by atoms with van der Waals surface area (Å²) in [7, 11) is 1.85. The van der Waals surface area contributed by atoms with Crippen LogP contribution in [0.15, 0.2) is 30.7 Å². The number of hydrogen-bond donors (Lipinski definition) is 1. The van der Waals surface area contributed by atoms with E-state index in [2.05, 4.69) is 10.3 Å². The Morgan fingerprint density at radius 3 is 3.00 bits per heavy atom. The van der Waals surface area contributed by atoms with Gasteiger partial charge < -0.3 is 14.6 Å². The van der Waals surface area contributed by atoms with E-state index in [4.69, 9.17) is 0 Å². The summed E-state index contributed by atoms with van der Waals surface area (Å²) in [5, 5.41) is 18.4. The molecule has 112 valence electrons. The number of rotatable bonds is 3. The number of aryl methyl sites for hydroxylation is 1. The van der Waals surface area contributed by atoms with E-state index < -0.39 is 5.60 Å². The largest absolute Gasteiger partial charge is 0.386 e. The molecule has 21 heavy (non-hydrogen) atoms. The molecule has 2 aromatic heterocycles. The van der Waals surface area contributed by atoms with Crippen molar-refractivity contribution in [3.63, 3.8) is 0 Å². The van der Waals surface area contributed by atoms with E-state index in [0.717, 1.165) is 6.42 Å².